The summed E-state index contributed by atoms with van der Waals surface area (Å²) in [6.45, 7) is 18.3. The molecule has 0 saturated heterocycles. The number of hydrogen-bond donors (Lipinski definition) is 0. The number of halogens is 1. The summed E-state index contributed by atoms with van der Waals surface area (Å²) >= 11 is 7.00. The van der Waals surface area contributed by atoms with Crippen LogP contribution in [0.1, 0.15) is 52.7 Å². The van der Waals surface area contributed by atoms with E-state index in [1.54, 1.807) is 0 Å². The first-order valence-electron chi connectivity index (χ1n) is 16.6. The molecule has 0 radical (unpaired) electrons. The van der Waals surface area contributed by atoms with E-state index in [0.29, 0.717) is 37.1 Å². The number of rotatable bonds is 10. The standard InChI is InChI=1S/C42H44ClN2O3/c1-28(2)47-26-24-44-35-20-16-30-12-8-10-14-33(30)39(35)41(4,5)37(44)22-18-32(43)19-23-38-42(6,7)40-34-15-11-9-13-31(34)17-21-36(40)45(38)25-27-48-29(3)46/h8-23H,1,24-27H2,2-7H3/q+1. The van der Waals surface area contributed by atoms with Crippen LogP contribution in [-0.4, -0.2) is 42.6 Å². The maximum Gasteiger partial charge on any atom is 0.302 e. The van der Waals surface area contributed by atoms with Gasteiger partial charge in [-0.2, -0.15) is 4.58 Å². The van der Waals surface area contributed by atoms with Gasteiger partial charge in [0.2, 0.25) is 5.69 Å². The summed E-state index contributed by atoms with van der Waals surface area (Å²) in [5, 5.41) is 5.51. The fourth-order valence-corrected chi connectivity index (χ4v) is 7.64. The highest BCUT2D eigenvalue weighted by Crippen LogP contribution is 2.51. The van der Waals surface area contributed by atoms with E-state index in [9.17, 15) is 4.79 Å². The number of hydrogen-bond acceptors (Lipinski definition) is 4. The molecular weight excluding hydrogens is 616 g/mol. The normalized spacial score (nSPS) is 17.4. The van der Waals surface area contributed by atoms with E-state index in [4.69, 9.17) is 21.1 Å². The van der Waals surface area contributed by atoms with Crippen molar-refractivity contribution in [2.75, 3.05) is 31.2 Å². The zero-order valence-electron chi connectivity index (χ0n) is 28.8. The first kappa shape index (κ1) is 33.3. The third-order valence-corrected chi connectivity index (χ3v) is 9.84. The molecule has 0 atom stereocenters. The maximum absolute atomic E-state index is 11.6. The first-order valence-corrected chi connectivity index (χ1v) is 16.9. The van der Waals surface area contributed by atoms with Crippen molar-refractivity contribution >= 4 is 56.2 Å². The molecule has 246 valence electrons. The number of ether oxygens (including phenoxy) is 2. The molecule has 2 aliphatic rings. The zero-order chi connectivity index (χ0) is 34.2. The second-order valence-corrected chi connectivity index (χ2v) is 14.1. The van der Waals surface area contributed by atoms with Crippen LogP contribution in [0, 0.1) is 0 Å². The number of anilines is 1. The van der Waals surface area contributed by atoms with E-state index in [0.717, 1.165) is 17.1 Å². The molecule has 48 heavy (non-hydrogen) atoms. The Bertz CT molecular complexity index is 2060. The molecule has 2 heterocycles. The lowest BCUT2D eigenvalue weighted by Gasteiger charge is -2.27. The summed E-state index contributed by atoms with van der Waals surface area (Å²) in [6.07, 6.45) is 8.22. The van der Waals surface area contributed by atoms with Gasteiger partial charge >= 0.3 is 5.97 Å². The van der Waals surface area contributed by atoms with E-state index >= 15 is 0 Å². The molecule has 0 fully saturated rings. The van der Waals surface area contributed by atoms with E-state index in [-0.39, 0.29) is 16.8 Å². The molecule has 0 aliphatic carbocycles. The quantitative estimate of drug-likeness (QED) is 0.0736. The summed E-state index contributed by atoms with van der Waals surface area (Å²) in [5.41, 5.74) is 6.55. The van der Waals surface area contributed by atoms with Gasteiger partial charge in [0.05, 0.1) is 17.7 Å². The molecule has 0 spiro atoms. The number of fused-ring (bicyclic) bond motifs is 6. The summed E-state index contributed by atoms with van der Waals surface area (Å²) in [6, 6.07) is 25.8. The lowest BCUT2D eigenvalue weighted by molar-refractivity contribution is -0.441. The van der Waals surface area contributed by atoms with Gasteiger partial charge in [-0.1, -0.05) is 86.6 Å². The Kier molecular flexibility index (Phi) is 9.10. The van der Waals surface area contributed by atoms with Crippen LogP contribution in [0.5, 0.6) is 0 Å². The van der Waals surface area contributed by atoms with Gasteiger partial charge in [0.1, 0.15) is 13.2 Å². The van der Waals surface area contributed by atoms with E-state index in [1.807, 2.05) is 19.1 Å². The lowest BCUT2D eigenvalue weighted by atomic mass is 9.79. The average Bonchev–Trinajstić information content (AvgIpc) is 3.40. The zero-order valence-corrected chi connectivity index (χ0v) is 29.5. The van der Waals surface area contributed by atoms with Crippen LogP contribution in [0.4, 0.5) is 11.4 Å². The van der Waals surface area contributed by atoms with Crippen molar-refractivity contribution in [2.45, 2.75) is 52.4 Å². The van der Waals surface area contributed by atoms with Gasteiger partial charge in [0, 0.05) is 46.5 Å². The van der Waals surface area contributed by atoms with Crippen molar-refractivity contribution in [3.63, 3.8) is 0 Å². The molecule has 6 rings (SSSR count). The van der Waals surface area contributed by atoms with Gasteiger partial charge in [-0.3, -0.25) is 4.79 Å². The molecule has 5 nitrogen and oxygen atoms in total. The van der Waals surface area contributed by atoms with Gasteiger partial charge in [-0.05, 0) is 78.2 Å². The van der Waals surface area contributed by atoms with Crippen molar-refractivity contribution < 1.29 is 18.8 Å². The average molecular weight is 660 g/mol. The van der Waals surface area contributed by atoms with Gasteiger partial charge in [0.25, 0.3) is 0 Å². The fourth-order valence-electron chi connectivity index (χ4n) is 7.52. The summed E-state index contributed by atoms with van der Waals surface area (Å²) in [7, 11) is 0. The predicted octanol–water partition coefficient (Wildman–Crippen LogP) is 9.84. The highest BCUT2D eigenvalue weighted by molar-refractivity contribution is 6.31. The fraction of sp³-hybridized carbons (Fsp3) is 0.286. The van der Waals surface area contributed by atoms with E-state index in [1.165, 1.54) is 45.3 Å². The van der Waals surface area contributed by atoms with Gasteiger partial charge in [-0.15, -0.1) is 0 Å². The molecular formula is C42H44ClN2O3+. The van der Waals surface area contributed by atoms with Crippen molar-refractivity contribution in [1.82, 2.24) is 0 Å². The highest BCUT2D eigenvalue weighted by atomic mass is 35.5. The Morgan fingerprint density at radius 1 is 0.854 bits per heavy atom. The molecule has 6 heteroatoms. The molecule has 0 bridgehead atoms. The topological polar surface area (TPSA) is 41.8 Å². The van der Waals surface area contributed by atoms with Gasteiger partial charge in [0.15, 0.2) is 12.3 Å². The Morgan fingerprint density at radius 3 is 2.17 bits per heavy atom. The van der Waals surface area contributed by atoms with Gasteiger partial charge in [-0.25, -0.2) is 0 Å². The Hall–Kier alpha value is -4.61. The van der Waals surface area contributed by atoms with Crippen molar-refractivity contribution in [2.24, 2.45) is 0 Å². The van der Waals surface area contributed by atoms with E-state index in [2.05, 4.69) is 129 Å². The number of allylic oxidation sites excluding steroid dienone is 7. The Balaban J connectivity index is 1.38. The van der Waals surface area contributed by atoms with Crippen LogP contribution < -0.4 is 4.90 Å². The van der Waals surface area contributed by atoms with E-state index < -0.39 is 0 Å². The number of carbonyl (C=O) groups is 1. The molecule has 2 aliphatic heterocycles. The molecule has 0 amide bonds. The maximum atomic E-state index is 11.6. The molecule has 4 aromatic rings. The summed E-state index contributed by atoms with van der Waals surface area (Å²) in [5.74, 6) is 0.420. The number of carbonyl (C=O) groups excluding carboxylic acids is 1. The van der Waals surface area contributed by atoms with Crippen LogP contribution in [-0.2, 0) is 25.1 Å². The number of nitrogens with zero attached hydrogens (tertiary/aromatic N) is 2. The second kappa shape index (κ2) is 13.1. The van der Waals surface area contributed by atoms with Gasteiger partial charge < -0.3 is 14.4 Å². The molecule has 0 saturated carbocycles. The third kappa shape index (κ3) is 6.08. The van der Waals surface area contributed by atoms with Crippen LogP contribution in [0.15, 0.2) is 120 Å². The number of benzene rings is 4. The Morgan fingerprint density at radius 2 is 1.50 bits per heavy atom. The summed E-state index contributed by atoms with van der Waals surface area (Å²) < 4.78 is 13.6. The van der Waals surface area contributed by atoms with Crippen LogP contribution in [0.3, 0.4) is 0 Å². The van der Waals surface area contributed by atoms with Crippen molar-refractivity contribution in [3.8, 4) is 0 Å². The van der Waals surface area contributed by atoms with Crippen LogP contribution in [0.25, 0.3) is 21.5 Å². The second-order valence-electron chi connectivity index (χ2n) is 13.6. The molecule has 0 unspecified atom stereocenters. The smallest absolute Gasteiger partial charge is 0.302 e. The largest absolute Gasteiger partial charge is 0.492 e. The molecule has 0 N–H and O–H groups in total. The lowest BCUT2D eigenvalue weighted by Crippen LogP contribution is -2.29. The number of esters is 1. The highest BCUT2D eigenvalue weighted by Gasteiger charge is 2.45. The monoisotopic (exact) mass is 659 g/mol. The molecule has 0 aromatic heterocycles. The van der Waals surface area contributed by atoms with Crippen molar-refractivity contribution in [1.29, 1.82) is 0 Å². The molecule has 4 aromatic carbocycles. The minimum Gasteiger partial charge on any atom is -0.492 e. The van der Waals surface area contributed by atoms with Crippen LogP contribution in [0.2, 0.25) is 0 Å². The minimum atomic E-state index is -0.311. The third-order valence-electron chi connectivity index (χ3n) is 9.59. The minimum absolute atomic E-state index is 0.269. The van der Waals surface area contributed by atoms with Crippen LogP contribution >= 0.6 is 11.6 Å². The first-order chi connectivity index (χ1) is 22.9. The Labute approximate surface area is 289 Å². The SMILES string of the molecule is C=C(C)OCC[N+]1=C(C=CC(Cl)=CC=C2N(CCOC(C)=O)c3ccc4ccccc4c3C2(C)C)C(C)(C)c2c1ccc1ccccc21. The van der Waals surface area contributed by atoms with Crippen molar-refractivity contribution in [3.05, 3.63) is 131 Å². The summed E-state index contributed by atoms with van der Waals surface area (Å²) in [4.78, 5) is 13.9. The predicted molar refractivity (Wildman–Crippen MR) is 200 cm³/mol.